The maximum Gasteiger partial charge on any atom is 0.147 e. The molecule has 1 nitrogen and oxygen atoms in total. The average molecular weight is 199 g/mol. The van der Waals surface area contributed by atoms with Crippen LogP contribution in [0.25, 0.3) is 0 Å². The summed E-state index contributed by atoms with van der Waals surface area (Å²) in [6, 6.07) is 0.928. The Hall–Kier alpha value is -0.990. The molecule has 3 heteroatoms. The number of rotatable bonds is 2. The van der Waals surface area contributed by atoms with Gasteiger partial charge in [-0.1, -0.05) is 27.7 Å². The van der Waals surface area contributed by atoms with Gasteiger partial charge in [0.15, 0.2) is 0 Å². The Kier molecular flexibility index (Phi) is 3.19. The number of hydrogen-bond acceptors (Lipinski definition) is 1. The molecule has 78 valence electrons. The van der Waals surface area contributed by atoms with Crippen LogP contribution in [0.3, 0.4) is 0 Å². The minimum Gasteiger partial charge on any atom is -0.251 e. The largest absolute Gasteiger partial charge is 0.251 e. The van der Waals surface area contributed by atoms with Crippen molar-refractivity contribution < 1.29 is 8.78 Å². The highest BCUT2D eigenvalue weighted by Gasteiger charge is 2.15. The number of halogens is 2. The molecule has 14 heavy (non-hydrogen) atoms. The van der Waals surface area contributed by atoms with Gasteiger partial charge in [-0.2, -0.15) is 0 Å². The molecule has 0 aliphatic heterocycles. The molecule has 0 saturated heterocycles. The lowest BCUT2D eigenvalue weighted by atomic mass is 10.0. The topological polar surface area (TPSA) is 12.9 Å². The van der Waals surface area contributed by atoms with Crippen LogP contribution in [0.2, 0.25) is 0 Å². The monoisotopic (exact) mass is 199 g/mol. The fraction of sp³-hybridized carbons (Fsp3) is 0.545. The van der Waals surface area contributed by atoms with Gasteiger partial charge < -0.3 is 0 Å². The summed E-state index contributed by atoms with van der Waals surface area (Å²) in [5.41, 5.74) is 0.685. The highest BCUT2D eigenvalue weighted by molar-refractivity contribution is 5.19. The molecule has 0 fully saturated rings. The second kappa shape index (κ2) is 4.03. The summed E-state index contributed by atoms with van der Waals surface area (Å²) in [5.74, 6) is -1.15. The van der Waals surface area contributed by atoms with Crippen molar-refractivity contribution in [1.29, 1.82) is 0 Å². The number of nitrogens with zero attached hydrogens (tertiary/aromatic N) is 1. The summed E-state index contributed by atoms with van der Waals surface area (Å²) in [6.45, 7) is 7.36. The summed E-state index contributed by atoms with van der Waals surface area (Å²) in [4.78, 5) is 4.02. The molecule has 0 saturated carbocycles. The smallest absolute Gasteiger partial charge is 0.147 e. The zero-order chi connectivity index (χ0) is 10.9. The zero-order valence-corrected chi connectivity index (χ0v) is 8.94. The first kappa shape index (κ1) is 11.1. The van der Waals surface area contributed by atoms with Crippen LogP contribution in [-0.4, -0.2) is 4.98 Å². The van der Waals surface area contributed by atoms with Crippen molar-refractivity contribution in [2.24, 2.45) is 0 Å². The van der Waals surface area contributed by atoms with Crippen LogP contribution in [0.15, 0.2) is 6.07 Å². The van der Waals surface area contributed by atoms with Gasteiger partial charge in [-0.25, -0.2) is 8.78 Å². The number of aromatic nitrogens is 1. The molecule has 0 radical (unpaired) electrons. The fourth-order valence-electron chi connectivity index (χ4n) is 1.31. The molecule has 0 aliphatic carbocycles. The molecule has 0 spiro atoms. The zero-order valence-electron chi connectivity index (χ0n) is 8.94. The third kappa shape index (κ3) is 2.08. The van der Waals surface area contributed by atoms with Crippen LogP contribution in [0.5, 0.6) is 0 Å². The van der Waals surface area contributed by atoms with Crippen molar-refractivity contribution in [1.82, 2.24) is 4.98 Å². The van der Waals surface area contributed by atoms with Crippen LogP contribution in [-0.2, 0) is 0 Å². The summed E-state index contributed by atoms with van der Waals surface area (Å²) in [5, 5.41) is 0. The minimum absolute atomic E-state index is 0.0203. The van der Waals surface area contributed by atoms with Crippen molar-refractivity contribution in [3.8, 4) is 0 Å². The third-order valence-electron chi connectivity index (χ3n) is 2.08. The molecule has 0 aromatic carbocycles. The molecule has 1 aromatic heterocycles. The van der Waals surface area contributed by atoms with Gasteiger partial charge >= 0.3 is 0 Å². The van der Waals surface area contributed by atoms with E-state index in [1.165, 1.54) is 0 Å². The fourth-order valence-corrected chi connectivity index (χ4v) is 1.31. The molecule has 1 aromatic rings. The van der Waals surface area contributed by atoms with Crippen molar-refractivity contribution in [2.45, 2.75) is 39.5 Å². The molecule has 1 rings (SSSR count). The number of hydrogen-bond donors (Lipinski definition) is 0. The van der Waals surface area contributed by atoms with Crippen molar-refractivity contribution >= 4 is 0 Å². The SMILES string of the molecule is CC(C)c1nc(C(C)C)c(F)cc1F. The normalized spacial score (nSPS) is 11.4. The van der Waals surface area contributed by atoms with Gasteiger partial charge in [-0.05, 0) is 11.8 Å². The molecule has 0 atom stereocenters. The van der Waals surface area contributed by atoms with E-state index in [-0.39, 0.29) is 11.8 Å². The van der Waals surface area contributed by atoms with E-state index in [0.717, 1.165) is 6.07 Å². The Morgan fingerprint density at radius 1 is 0.929 bits per heavy atom. The van der Waals surface area contributed by atoms with Crippen LogP contribution in [0, 0.1) is 11.6 Å². The highest BCUT2D eigenvalue weighted by atomic mass is 19.1. The van der Waals surface area contributed by atoms with E-state index >= 15 is 0 Å². The van der Waals surface area contributed by atoms with Crippen molar-refractivity contribution in [2.75, 3.05) is 0 Å². The third-order valence-corrected chi connectivity index (χ3v) is 2.08. The van der Waals surface area contributed by atoms with Crippen LogP contribution < -0.4 is 0 Å². The van der Waals surface area contributed by atoms with Gasteiger partial charge in [0.25, 0.3) is 0 Å². The standard InChI is InChI=1S/C11H15F2N/c1-6(2)10-8(12)5-9(13)11(14-10)7(3)4/h5-7H,1-4H3. The Labute approximate surface area is 83.2 Å². The van der Waals surface area contributed by atoms with E-state index in [1.807, 2.05) is 27.7 Å². The summed E-state index contributed by atoms with van der Waals surface area (Å²) >= 11 is 0. The van der Waals surface area contributed by atoms with Crippen LogP contribution in [0.1, 0.15) is 50.9 Å². The van der Waals surface area contributed by atoms with Gasteiger partial charge in [-0.3, -0.25) is 4.98 Å². The van der Waals surface area contributed by atoms with Gasteiger partial charge in [0.1, 0.15) is 11.6 Å². The van der Waals surface area contributed by atoms with Gasteiger partial charge in [0.05, 0.1) is 11.4 Å². The Morgan fingerprint density at radius 2 is 1.29 bits per heavy atom. The van der Waals surface area contributed by atoms with Crippen LogP contribution >= 0.6 is 0 Å². The van der Waals surface area contributed by atoms with E-state index in [1.54, 1.807) is 0 Å². The second-order valence-corrected chi connectivity index (χ2v) is 4.03. The molecule has 0 bridgehead atoms. The summed E-state index contributed by atoms with van der Waals surface area (Å²) in [6.07, 6.45) is 0. The molecular weight excluding hydrogens is 184 g/mol. The Morgan fingerprint density at radius 3 is 1.57 bits per heavy atom. The van der Waals surface area contributed by atoms with Crippen LogP contribution in [0.4, 0.5) is 8.78 Å². The quantitative estimate of drug-likeness (QED) is 0.709. The van der Waals surface area contributed by atoms with E-state index < -0.39 is 11.6 Å². The summed E-state index contributed by atoms with van der Waals surface area (Å²) in [7, 11) is 0. The Bertz CT molecular complexity index is 303. The lowest BCUT2D eigenvalue weighted by Crippen LogP contribution is -2.06. The molecule has 0 unspecified atom stereocenters. The van der Waals surface area contributed by atoms with E-state index in [2.05, 4.69) is 4.98 Å². The maximum atomic E-state index is 13.2. The van der Waals surface area contributed by atoms with Gasteiger partial charge in [0.2, 0.25) is 0 Å². The maximum absolute atomic E-state index is 13.2. The van der Waals surface area contributed by atoms with Gasteiger partial charge in [-0.15, -0.1) is 0 Å². The van der Waals surface area contributed by atoms with E-state index in [4.69, 9.17) is 0 Å². The molecule has 0 amide bonds. The predicted molar refractivity (Wildman–Crippen MR) is 52.3 cm³/mol. The Balaban J connectivity index is 3.27. The second-order valence-electron chi connectivity index (χ2n) is 4.03. The van der Waals surface area contributed by atoms with E-state index in [9.17, 15) is 8.78 Å². The molecule has 0 aliphatic rings. The first-order chi connectivity index (χ1) is 6.43. The lowest BCUT2D eigenvalue weighted by Gasteiger charge is -2.11. The number of pyridine rings is 1. The van der Waals surface area contributed by atoms with Crippen molar-refractivity contribution in [3.05, 3.63) is 29.1 Å². The first-order valence-corrected chi connectivity index (χ1v) is 4.79. The van der Waals surface area contributed by atoms with Gasteiger partial charge in [0, 0.05) is 6.07 Å². The lowest BCUT2D eigenvalue weighted by molar-refractivity contribution is 0.527. The summed E-state index contributed by atoms with van der Waals surface area (Å²) < 4.78 is 26.5. The molecule has 0 N–H and O–H groups in total. The van der Waals surface area contributed by atoms with E-state index in [0.29, 0.717) is 11.4 Å². The predicted octanol–water partition coefficient (Wildman–Crippen LogP) is 3.61. The average Bonchev–Trinajstić information content (AvgIpc) is 2.02. The molecule has 1 heterocycles. The highest BCUT2D eigenvalue weighted by Crippen LogP contribution is 2.22. The minimum atomic E-state index is -0.554. The molecular formula is C11H15F2N. The van der Waals surface area contributed by atoms with Crippen molar-refractivity contribution in [3.63, 3.8) is 0 Å². The first-order valence-electron chi connectivity index (χ1n) is 4.79.